The lowest BCUT2D eigenvalue weighted by molar-refractivity contribution is 0.172. The minimum Gasteiger partial charge on any atom is -0.463 e. The third-order valence-corrected chi connectivity index (χ3v) is 3.59. The molecule has 4 nitrogen and oxygen atoms in total. The predicted octanol–water partition coefficient (Wildman–Crippen LogP) is 2.32. The molecule has 2 unspecified atom stereocenters. The van der Waals surface area contributed by atoms with E-state index in [0.29, 0.717) is 24.2 Å². The van der Waals surface area contributed by atoms with Crippen LogP contribution in [0.15, 0.2) is 12.3 Å². The van der Waals surface area contributed by atoms with Gasteiger partial charge in [0.1, 0.15) is 10.7 Å². The SMILES string of the molecule is CC1CCCC(COc2nccc(C(N)=S)n2)C1. The van der Waals surface area contributed by atoms with E-state index < -0.39 is 0 Å². The van der Waals surface area contributed by atoms with E-state index in [-0.39, 0.29) is 4.99 Å². The first-order valence-corrected chi connectivity index (χ1v) is 6.81. The molecule has 0 aliphatic heterocycles. The molecule has 0 saturated heterocycles. The van der Waals surface area contributed by atoms with Crippen LogP contribution in [0, 0.1) is 11.8 Å². The summed E-state index contributed by atoms with van der Waals surface area (Å²) in [6.07, 6.45) is 6.72. The van der Waals surface area contributed by atoms with Crippen LogP contribution in [0.3, 0.4) is 0 Å². The molecule has 1 heterocycles. The molecule has 1 aliphatic carbocycles. The van der Waals surface area contributed by atoms with Gasteiger partial charge in [-0.15, -0.1) is 0 Å². The Balaban J connectivity index is 1.89. The molecule has 2 atom stereocenters. The second-order valence-electron chi connectivity index (χ2n) is 5.04. The van der Waals surface area contributed by atoms with Gasteiger partial charge < -0.3 is 10.5 Å². The topological polar surface area (TPSA) is 61.0 Å². The van der Waals surface area contributed by atoms with Crippen LogP contribution in [-0.4, -0.2) is 21.6 Å². The van der Waals surface area contributed by atoms with Gasteiger partial charge in [-0.25, -0.2) is 4.98 Å². The molecule has 2 N–H and O–H groups in total. The minimum atomic E-state index is 0.272. The molecular weight excluding hydrogens is 246 g/mol. The van der Waals surface area contributed by atoms with E-state index >= 15 is 0 Å². The van der Waals surface area contributed by atoms with Crippen molar-refractivity contribution in [3.8, 4) is 6.01 Å². The van der Waals surface area contributed by atoms with Gasteiger partial charge in [-0.1, -0.05) is 32.0 Å². The second kappa shape index (κ2) is 6.09. The summed E-state index contributed by atoms with van der Waals surface area (Å²) < 4.78 is 5.65. The molecule has 5 heteroatoms. The highest BCUT2D eigenvalue weighted by molar-refractivity contribution is 7.80. The van der Waals surface area contributed by atoms with Crippen LogP contribution in [0.25, 0.3) is 0 Å². The Morgan fingerprint density at radius 2 is 2.39 bits per heavy atom. The Morgan fingerprint density at radius 3 is 3.11 bits per heavy atom. The van der Waals surface area contributed by atoms with Crippen LogP contribution < -0.4 is 10.5 Å². The van der Waals surface area contributed by atoms with Crippen molar-refractivity contribution >= 4 is 17.2 Å². The van der Waals surface area contributed by atoms with Gasteiger partial charge in [0, 0.05) is 6.20 Å². The first-order chi connectivity index (χ1) is 8.65. The number of thiocarbonyl (C=S) groups is 1. The zero-order valence-corrected chi connectivity index (χ0v) is 11.4. The van der Waals surface area contributed by atoms with E-state index in [1.54, 1.807) is 12.3 Å². The molecule has 98 valence electrons. The van der Waals surface area contributed by atoms with Crippen LogP contribution in [0.1, 0.15) is 38.3 Å². The number of nitrogens with two attached hydrogens (primary N) is 1. The summed E-state index contributed by atoms with van der Waals surface area (Å²) >= 11 is 4.88. The molecule has 18 heavy (non-hydrogen) atoms. The van der Waals surface area contributed by atoms with Crippen LogP contribution in [0.5, 0.6) is 6.01 Å². The minimum absolute atomic E-state index is 0.272. The Labute approximate surface area is 113 Å². The van der Waals surface area contributed by atoms with Crippen molar-refractivity contribution in [2.45, 2.75) is 32.6 Å². The van der Waals surface area contributed by atoms with E-state index in [1.165, 1.54) is 25.7 Å². The van der Waals surface area contributed by atoms with Gasteiger partial charge in [-0.05, 0) is 30.7 Å². The van der Waals surface area contributed by atoms with Crippen molar-refractivity contribution in [3.05, 3.63) is 18.0 Å². The van der Waals surface area contributed by atoms with Crippen LogP contribution in [-0.2, 0) is 0 Å². The van der Waals surface area contributed by atoms with Gasteiger partial charge in [-0.3, -0.25) is 0 Å². The number of hydrogen-bond acceptors (Lipinski definition) is 4. The van der Waals surface area contributed by atoms with Gasteiger partial charge in [0.05, 0.1) is 6.61 Å². The summed E-state index contributed by atoms with van der Waals surface area (Å²) in [5, 5.41) is 0. The number of nitrogens with zero attached hydrogens (tertiary/aromatic N) is 2. The molecule has 0 radical (unpaired) electrons. The lowest BCUT2D eigenvalue weighted by Crippen LogP contribution is -2.20. The quantitative estimate of drug-likeness (QED) is 0.847. The third kappa shape index (κ3) is 3.63. The Morgan fingerprint density at radius 1 is 1.56 bits per heavy atom. The van der Waals surface area contributed by atoms with Crippen LogP contribution in [0.4, 0.5) is 0 Å². The average Bonchev–Trinajstić information content (AvgIpc) is 2.37. The van der Waals surface area contributed by atoms with Crippen molar-refractivity contribution in [2.75, 3.05) is 6.61 Å². The molecule has 0 aromatic carbocycles. The molecule has 0 amide bonds. The predicted molar refractivity (Wildman–Crippen MR) is 74.5 cm³/mol. The molecular formula is C13H19N3OS. The Hall–Kier alpha value is -1.23. The molecule has 1 aromatic heterocycles. The van der Waals surface area contributed by atoms with Crippen LogP contribution in [0.2, 0.25) is 0 Å². The van der Waals surface area contributed by atoms with Gasteiger partial charge in [-0.2, -0.15) is 4.98 Å². The molecule has 1 aliphatic rings. The van der Waals surface area contributed by atoms with E-state index in [0.717, 1.165) is 5.92 Å². The summed E-state index contributed by atoms with van der Waals surface area (Å²) in [6.45, 7) is 2.99. The van der Waals surface area contributed by atoms with Gasteiger partial charge in [0.25, 0.3) is 0 Å². The molecule has 0 bridgehead atoms. The smallest absolute Gasteiger partial charge is 0.316 e. The average molecular weight is 265 g/mol. The first-order valence-electron chi connectivity index (χ1n) is 6.41. The fourth-order valence-electron chi connectivity index (χ4n) is 2.45. The van der Waals surface area contributed by atoms with E-state index in [9.17, 15) is 0 Å². The molecule has 1 saturated carbocycles. The number of ether oxygens (including phenoxy) is 1. The lowest BCUT2D eigenvalue weighted by Gasteiger charge is -2.26. The number of hydrogen-bond donors (Lipinski definition) is 1. The maximum Gasteiger partial charge on any atom is 0.316 e. The van der Waals surface area contributed by atoms with Crippen LogP contribution >= 0.6 is 12.2 Å². The third-order valence-electron chi connectivity index (χ3n) is 3.38. The highest BCUT2D eigenvalue weighted by Crippen LogP contribution is 2.28. The Bertz CT molecular complexity index is 424. The van der Waals surface area contributed by atoms with E-state index in [2.05, 4.69) is 16.9 Å². The van der Waals surface area contributed by atoms with Crippen molar-refractivity contribution in [3.63, 3.8) is 0 Å². The van der Waals surface area contributed by atoms with E-state index in [1.807, 2.05) is 0 Å². The maximum absolute atomic E-state index is 5.65. The largest absolute Gasteiger partial charge is 0.463 e. The summed E-state index contributed by atoms with van der Waals surface area (Å²) in [5.74, 6) is 1.42. The highest BCUT2D eigenvalue weighted by Gasteiger charge is 2.19. The normalized spacial score (nSPS) is 23.6. The molecule has 1 fully saturated rings. The lowest BCUT2D eigenvalue weighted by atomic mass is 9.83. The van der Waals surface area contributed by atoms with Crippen molar-refractivity contribution < 1.29 is 4.74 Å². The summed E-state index contributed by atoms with van der Waals surface area (Å²) in [7, 11) is 0. The van der Waals surface area contributed by atoms with Gasteiger partial charge in [0.2, 0.25) is 0 Å². The molecule has 2 rings (SSSR count). The zero-order valence-electron chi connectivity index (χ0n) is 10.6. The van der Waals surface area contributed by atoms with E-state index in [4.69, 9.17) is 22.7 Å². The standard InChI is InChI=1S/C13H19N3OS/c1-9-3-2-4-10(7-9)8-17-13-15-6-5-11(16-13)12(14)18/h5-6,9-10H,2-4,7-8H2,1H3,(H2,14,18). The molecule has 1 aromatic rings. The maximum atomic E-state index is 5.65. The Kier molecular flexibility index (Phi) is 4.47. The van der Waals surface area contributed by atoms with Crippen molar-refractivity contribution in [1.82, 2.24) is 9.97 Å². The van der Waals surface area contributed by atoms with Crippen molar-refractivity contribution in [1.29, 1.82) is 0 Å². The first kappa shape index (κ1) is 13.2. The molecule has 0 spiro atoms. The summed E-state index contributed by atoms with van der Waals surface area (Å²) in [4.78, 5) is 8.52. The van der Waals surface area contributed by atoms with Gasteiger partial charge >= 0.3 is 6.01 Å². The fraction of sp³-hybridized carbons (Fsp3) is 0.615. The summed E-state index contributed by atoms with van der Waals surface area (Å²) in [6, 6.07) is 2.07. The summed E-state index contributed by atoms with van der Waals surface area (Å²) in [5.41, 5.74) is 6.09. The number of rotatable bonds is 4. The van der Waals surface area contributed by atoms with Crippen molar-refractivity contribution in [2.24, 2.45) is 17.6 Å². The highest BCUT2D eigenvalue weighted by atomic mass is 32.1. The number of aromatic nitrogens is 2. The second-order valence-corrected chi connectivity index (χ2v) is 5.48. The van der Waals surface area contributed by atoms with Gasteiger partial charge in [0.15, 0.2) is 0 Å². The zero-order chi connectivity index (χ0) is 13.0. The monoisotopic (exact) mass is 265 g/mol. The fourth-order valence-corrected chi connectivity index (χ4v) is 2.56.